The number of fused-ring (bicyclic) bond motifs is 3. The van der Waals surface area contributed by atoms with Gasteiger partial charge in [-0.25, -0.2) is 0 Å². The van der Waals surface area contributed by atoms with E-state index in [0.29, 0.717) is 0 Å². The highest BCUT2D eigenvalue weighted by Crippen LogP contribution is 2.74. The zero-order valence-corrected chi connectivity index (χ0v) is 14.8. The second-order valence-electron chi connectivity index (χ2n) is 9.96. The van der Waals surface area contributed by atoms with Gasteiger partial charge in [-0.1, -0.05) is 27.7 Å². The molecule has 3 atom stereocenters. The minimum absolute atomic E-state index is 0.786. The van der Waals surface area contributed by atoms with Gasteiger partial charge in [0.05, 0.1) is 0 Å². The Morgan fingerprint density at radius 3 is 1.57 bits per heavy atom. The summed E-state index contributed by atoms with van der Waals surface area (Å²) in [7, 11) is 0. The molecular weight excluding hydrogens is 252 g/mol. The van der Waals surface area contributed by atoms with Crippen molar-refractivity contribution in [1.82, 2.24) is 0 Å². The van der Waals surface area contributed by atoms with Crippen molar-refractivity contribution in [2.24, 2.45) is 52.8 Å². The lowest BCUT2D eigenvalue weighted by Crippen LogP contribution is -2.37. The Labute approximate surface area is 132 Å². The molecule has 7 rings (SSSR count). The minimum Gasteiger partial charge on any atom is -0.0625 e. The Morgan fingerprint density at radius 1 is 0.810 bits per heavy atom. The maximum Gasteiger partial charge on any atom is -0.0274 e. The summed E-state index contributed by atoms with van der Waals surface area (Å²) in [5.74, 6) is 9.00. The number of hydrogen-bond donors (Lipinski definition) is 0. The molecule has 7 fully saturated rings. The first-order chi connectivity index (χ1) is 10.0. The Kier molecular flexibility index (Phi) is 3.47. The zero-order chi connectivity index (χ0) is 14.8. The van der Waals surface area contributed by atoms with Crippen molar-refractivity contribution in [3.63, 3.8) is 0 Å². The minimum atomic E-state index is 0.786. The number of hydrogen-bond acceptors (Lipinski definition) is 0. The van der Waals surface area contributed by atoms with Gasteiger partial charge in [-0.2, -0.15) is 0 Å². The van der Waals surface area contributed by atoms with Gasteiger partial charge < -0.3 is 0 Å². The predicted octanol–water partition coefficient (Wildman–Crippen LogP) is 6.16. The van der Waals surface area contributed by atoms with Gasteiger partial charge in [0.2, 0.25) is 0 Å². The van der Waals surface area contributed by atoms with E-state index >= 15 is 0 Å². The Balaban J connectivity index is 0.000000110. The van der Waals surface area contributed by atoms with Gasteiger partial charge in [-0.05, 0) is 104 Å². The maximum atomic E-state index is 2.42. The molecule has 0 aromatic heterocycles. The van der Waals surface area contributed by atoms with Crippen LogP contribution in [0.4, 0.5) is 0 Å². The fraction of sp³-hybridized carbons (Fsp3) is 1.00. The van der Waals surface area contributed by atoms with Crippen molar-refractivity contribution in [2.75, 3.05) is 0 Å². The molecule has 3 unspecified atom stereocenters. The van der Waals surface area contributed by atoms with Gasteiger partial charge in [-0.3, -0.25) is 0 Å². The normalized spacial score (nSPS) is 52.3. The van der Waals surface area contributed by atoms with Gasteiger partial charge in [0.25, 0.3) is 0 Å². The van der Waals surface area contributed by atoms with E-state index < -0.39 is 0 Å². The van der Waals surface area contributed by atoms with Crippen molar-refractivity contribution >= 4 is 0 Å². The fourth-order valence-electron chi connectivity index (χ4n) is 7.27. The topological polar surface area (TPSA) is 0 Å². The lowest BCUT2D eigenvalue weighted by molar-refractivity contribution is 0.0218. The molecule has 0 spiro atoms. The molecule has 6 bridgehead atoms. The standard InChI is InChI=1S/C11H20.C10H16/c1-9(2)11-6-3-10(4-7-11)5-8-11;1-5(2)9-6-3-7-8(4-6)10(7)9/h9-10H,3-8H2,1-2H3;5-10H,3-4H2,1-2H3. The largest absolute Gasteiger partial charge is 0.0625 e. The maximum absolute atomic E-state index is 2.42. The van der Waals surface area contributed by atoms with E-state index in [2.05, 4.69) is 27.7 Å². The molecule has 0 nitrogen and oxygen atoms in total. The summed E-state index contributed by atoms with van der Waals surface area (Å²) in [4.78, 5) is 0. The molecule has 0 amide bonds. The van der Waals surface area contributed by atoms with Crippen LogP contribution in [0.2, 0.25) is 0 Å². The summed E-state index contributed by atoms with van der Waals surface area (Å²) in [6.07, 6.45) is 12.4. The molecule has 7 aliphatic rings. The summed E-state index contributed by atoms with van der Waals surface area (Å²) in [5, 5.41) is 0. The van der Waals surface area contributed by atoms with E-state index in [0.717, 1.165) is 29.1 Å². The lowest BCUT2D eigenvalue weighted by Gasteiger charge is -2.49. The first kappa shape index (κ1) is 14.6. The van der Waals surface area contributed by atoms with Gasteiger partial charge in [0.15, 0.2) is 0 Å². The van der Waals surface area contributed by atoms with E-state index in [1.165, 1.54) is 62.2 Å². The third-order valence-electron chi connectivity index (χ3n) is 8.68. The summed E-state index contributed by atoms with van der Waals surface area (Å²) >= 11 is 0. The summed E-state index contributed by atoms with van der Waals surface area (Å²) in [6, 6.07) is 0. The van der Waals surface area contributed by atoms with Gasteiger partial charge in [-0.15, -0.1) is 0 Å². The van der Waals surface area contributed by atoms with Crippen molar-refractivity contribution < 1.29 is 0 Å². The molecule has 21 heavy (non-hydrogen) atoms. The molecule has 0 heterocycles. The quantitative estimate of drug-likeness (QED) is 0.571. The van der Waals surface area contributed by atoms with Gasteiger partial charge in [0, 0.05) is 0 Å². The molecule has 0 saturated heterocycles. The van der Waals surface area contributed by atoms with Crippen LogP contribution in [0, 0.1) is 52.8 Å². The predicted molar refractivity (Wildman–Crippen MR) is 90.0 cm³/mol. The van der Waals surface area contributed by atoms with Crippen LogP contribution in [0.1, 0.15) is 79.1 Å². The van der Waals surface area contributed by atoms with Crippen molar-refractivity contribution in [2.45, 2.75) is 79.1 Å². The smallest absolute Gasteiger partial charge is 0.0274 e. The number of rotatable bonds is 2. The second-order valence-corrected chi connectivity index (χ2v) is 9.96. The molecule has 0 aromatic carbocycles. The molecule has 0 radical (unpaired) electrons. The zero-order valence-electron chi connectivity index (χ0n) is 14.8. The van der Waals surface area contributed by atoms with E-state index in [1.54, 1.807) is 12.8 Å². The summed E-state index contributed by atoms with van der Waals surface area (Å²) < 4.78 is 0. The fourth-order valence-corrected chi connectivity index (χ4v) is 7.27. The van der Waals surface area contributed by atoms with E-state index in [-0.39, 0.29) is 0 Å². The Hall–Kier alpha value is 0. The van der Waals surface area contributed by atoms with Gasteiger partial charge >= 0.3 is 0 Å². The third-order valence-corrected chi connectivity index (χ3v) is 8.68. The molecule has 0 N–H and O–H groups in total. The summed E-state index contributed by atoms with van der Waals surface area (Å²) in [6.45, 7) is 9.68. The monoisotopic (exact) mass is 288 g/mol. The van der Waals surface area contributed by atoms with Crippen molar-refractivity contribution in [1.29, 1.82) is 0 Å². The van der Waals surface area contributed by atoms with Crippen LogP contribution in [0.25, 0.3) is 0 Å². The van der Waals surface area contributed by atoms with Crippen LogP contribution in [-0.4, -0.2) is 0 Å². The van der Waals surface area contributed by atoms with Crippen LogP contribution < -0.4 is 0 Å². The lowest BCUT2D eigenvalue weighted by atomic mass is 9.56. The van der Waals surface area contributed by atoms with E-state index in [9.17, 15) is 0 Å². The highest BCUT2D eigenvalue weighted by Gasteiger charge is 2.68. The molecule has 0 aliphatic heterocycles. The third kappa shape index (κ3) is 2.22. The molecule has 7 saturated carbocycles. The Bertz CT molecular complexity index is 357. The first-order valence-corrected chi connectivity index (χ1v) is 10.0. The molecule has 0 heteroatoms. The van der Waals surface area contributed by atoms with E-state index in [1.807, 2.05) is 0 Å². The van der Waals surface area contributed by atoms with Crippen LogP contribution in [0.3, 0.4) is 0 Å². The van der Waals surface area contributed by atoms with Crippen LogP contribution >= 0.6 is 0 Å². The van der Waals surface area contributed by atoms with Crippen LogP contribution in [-0.2, 0) is 0 Å². The van der Waals surface area contributed by atoms with Gasteiger partial charge in [0.1, 0.15) is 0 Å². The first-order valence-electron chi connectivity index (χ1n) is 10.0. The SMILES string of the molecule is CC(C)C12CCC(CC1)CC2.CC(C)C1C2CC3C(C2)C31. The molecule has 120 valence electrons. The average Bonchev–Trinajstić information content (AvgIpc) is 2.92. The summed E-state index contributed by atoms with van der Waals surface area (Å²) in [5.41, 5.74) is 0.786. The van der Waals surface area contributed by atoms with Crippen LogP contribution in [0.15, 0.2) is 0 Å². The van der Waals surface area contributed by atoms with Crippen LogP contribution in [0.5, 0.6) is 0 Å². The average molecular weight is 289 g/mol. The van der Waals surface area contributed by atoms with E-state index in [4.69, 9.17) is 0 Å². The molecule has 7 aliphatic carbocycles. The second kappa shape index (κ2) is 5.00. The highest BCUT2D eigenvalue weighted by molar-refractivity contribution is 5.16. The van der Waals surface area contributed by atoms with Crippen molar-refractivity contribution in [3.8, 4) is 0 Å². The molecular formula is C21H36. The Morgan fingerprint density at radius 2 is 1.33 bits per heavy atom. The van der Waals surface area contributed by atoms with Crippen molar-refractivity contribution in [3.05, 3.63) is 0 Å². The molecule has 0 aromatic rings. The highest BCUT2D eigenvalue weighted by atomic mass is 14.7.